The van der Waals surface area contributed by atoms with Crippen molar-refractivity contribution in [3.63, 3.8) is 0 Å². The molecule has 0 aliphatic carbocycles. The molecule has 1 aliphatic rings. The van der Waals surface area contributed by atoms with Crippen molar-refractivity contribution in [1.82, 2.24) is 24.2 Å². The average Bonchev–Trinajstić information content (AvgIpc) is 3.40. The topological polar surface area (TPSA) is 69.1 Å². The molecular weight excluding hydrogens is 454 g/mol. The Balaban J connectivity index is 1.50. The third-order valence-electron chi connectivity index (χ3n) is 6.23. The molecule has 0 saturated carbocycles. The fourth-order valence-electron chi connectivity index (χ4n) is 4.40. The Hall–Kier alpha value is -3.47. The van der Waals surface area contributed by atoms with Gasteiger partial charge in [0.2, 0.25) is 5.89 Å². The van der Waals surface area contributed by atoms with E-state index in [2.05, 4.69) is 15.1 Å². The summed E-state index contributed by atoms with van der Waals surface area (Å²) >= 11 is 0. The highest BCUT2D eigenvalue weighted by molar-refractivity contribution is 5.76. The summed E-state index contributed by atoms with van der Waals surface area (Å²) in [6, 6.07) is 8.62. The van der Waals surface area contributed by atoms with Gasteiger partial charge in [-0.05, 0) is 50.7 Å². The van der Waals surface area contributed by atoms with E-state index in [0.717, 1.165) is 38.1 Å². The van der Waals surface area contributed by atoms with Gasteiger partial charge in [-0.1, -0.05) is 12.1 Å². The van der Waals surface area contributed by atoms with Crippen LogP contribution in [0.2, 0.25) is 0 Å². The lowest BCUT2D eigenvalue weighted by Crippen LogP contribution is -2.36. The largest absolute Gasteiger partial charge is 0.415 e. The quantitative estimate of drug-likeness (QED) is 0.401. The zero-order chi connectivity index (χ0) is 24.0. The highest BCUT2D eigenvalue weighted by atomic mass is 19.3. The van der Waals surface area contributed by atoms with Crippen LogP contribution >= 0.6 is 0 Å². The predicted octanol–water partition coefficient (Wildman–Crippen LogP) is 4.38. The molecule has 1 aliphatic heterocycles. The molecule has 0 radical (unpaired) electrons. The fraction of sp³-hybridized carbons (Fsp3) is 0.348. The van der Waals surface area contributed by atoms with Crippen molar-refractivity contribution in [2.24, 2.45) is 0 Å². The molecule has 0 bridgehead atoms. The molecule has 1 fully saturated rings. The van der Waals surface area contributed by atoms with Gasteiger partial charge in [-0.15, -0.1) is 10.2 Å². The number of fused-ring (bicyclic) bond motifs is 1. The summed E-state index contributed by atoms with van der Waals surface area (Å²) in [5.41, 5.74) is 1.48. The number of likely N-dealkylation sites (tertiary alicyclic amines) is 1. The maximum atomic E-state index is 14.1. The Morgan fingerprint density at radius 1 is 1.03 bits per heavy atom. The zero-order valence-electron chi connectivity index (χ0n) is 18.2. The molecule has 0 amide bonds. The van der Waals surface area contributed by atoms with Gasteiger partial charge in [0.1, 0.15) is 0 Å². The lowest BCUT2D eigenvalue weighted by molar-refractivity contribution is 0.116. The van der Waals surface area contributed by atoms with Crippen LogP contribution in [0, 0.1) is 11.6 Å². The Kier molecular flexibility index (Phi) is 5.72. The summed E-state index contributed by atoms with van der Waals surface area (Å²) in [4.78, 5) is 15.6. The van der Waals surface area contributed by atoms with E-state index in [1.54, 1.807) is 28.8 Å². The van der Waals surface area contributed by atoms with Gasteiger partial charge in [0.25, 0.3) is 5.89 Å². The molecule has 34 heavy (non-hydrogen) atoms. The van der Waals surface area contributed by atoms with Crippen LogP contribution in [0.5, 0.6) is 0 Å². The molecule has 178 valence electrons. The van der Waals surface area contributed by atoms with Crippen LogP contribution in [0.1, 0.15) is 36.8 Å². The standard InChI is InChI=1S/C23H21F4N5O2/c1-30-8-6-15(7-9-30)32-19-11-17(25)16(24)10-18(19)31(23(32)33)12-13-2-4-14(5-3-13)21-28-29-22(34-21)20(26)27/h2-5,10-11,15,20H,6-9,12H2,1H3. The first-order chi connectivity index (χ1) is 16.3. The molecule has 11 heteroatoms. The number of rotatable bonds is 5. The normalized spacial score (nSPS) is 15.6. The van der Waals surface area contributed by atoms with E-state index in [1.165, 1.54) is 4.57 Å². The number of aromatic nitrogens is 4. The number of imidazole rings is 1. The molecule has 0 atom stereocenters. The molecule has 7 nitrogen and oxygen atoms in total. The van der Waals surface area contributed by atoms with Crippen LogP contribution in [-0.4, -0.2) is 44.4 Å². The van der Waals surface area contributed by atoms with Crippen LogP contribution in [-0.2, 0) is 6.54 Å². The molecule has 0 unspecified atom stereocenters. The van der Waals surface area contributed by atoms with Gasteiger partial charge in [0.05, 0.1) is 17.6 Å². The summed E-state index contributed by atoms with van der Waals surface area (Å²) in [6.07, 6.45) is -1.40. The molecule has 3 heterocycles. The van der Waals surface area contributed by atoms with E-state index < -0.39 is 24.0 Å². The smallest absolute Gasteiger partial charge is 0.329 e. The summed E-state index contributed by atoms with van der Waals surface area (Å²) in [6.45, 7) is 1.72. The molecule has 2 aromatic carbocycles. The SMILES string of the molecule is CN1CCC(n2c(=O)n(Cc3ccc(-c4nnc(C(F)F)o4)cc3)c3cc(F)c(F)cc32)CC1. The number of alkyl halides is 2. The summed E-state index contributed by atoms with van der Waals surface area (Å²) in [5, 5.41) is 6.93. The first-order valence-electron chi connectivity index (χ1n) is 10.8. The average molecular weight is 475 g/mol. The van der Waals surface area contributed by atoms with Crippen molar-refractivity contribution >= 4 is 11.0 Å². The molecular formula is C23H21F4N5O2. The second-order valence-electron chi connectivity index (χ2n) is 8.47. The van der Waals surface area contributed by atoms with Gasteiger partial charge in [-0.25, -0.2) is 13.6 Å². The number of hydrogen-bond donors (Lipinski definition) is 0. The molecule has 1 saturated heterocycles. The maximum Gasteiger partial charge on any atom is 0.329 e. The van der Waals surface area contributed by atoms with E-state index in [9.17, 15) is 22.4 Å². The number of hydrogen-bond acceptors (Lipinski definition) is 5. The van der Waals surface area contributed by atoms with Crippen molar-refractivity contribution in [2.45, 2.75) is 31.9 Å². The van der Waals surface area contributed by atoms with Crippen LogP contribution < -0.4 is 5.69 Å². The third kappa shape index (κ3) is 4.00. The van der Waals surface area contributed by atoms with Gasteiger partial charge in [0, 0.05) is 23.7 Å². The van der Waals surface area contributed by atoms with Gasteiger partial charge in [-0.2, -0.15) is 8.78 Å². The Morgan fingerprint density at radius 2 is 1.68 bits per heavy atom. The van der Waals surface area contributed by atoms with E-state index in [0.29, 0.717) is 22.2 Å². The summed E-state index contributed by atoms with van der Waals surface area (Å²) in [7, 11) is 2.00. The predicted molar refractivity (Wildman–Crippen MR) is 116 cm³/mol. The Labute approximate surface area is 191 Å². The number of benzene rings is 2. The van der Waals surface area contributed by atoms with Crippen LogP contribution in [0.4, 0.5) is 17.6 Å². The number of piperidine rings is 1. The number of halogens is 4. The van der Waals surface area contributed by atoms with Crippen LogP contribution in [0.15, 0.2) is 45.6 Å². The van der Waals surface area contributed by atoms with Gasteiger partial charge < -0.3 is 9.32 Å². The minimum atomic E-state index is -2.86. The van der Waals surface area contributed by atoms with Crippen LogP contribution in [0.25, 0.3) is 22.5 Å². The Morgan fingerprint density at radius 3 is 2.29 bits per heavy atom. The summed E-state index contributed by atoms with van der Waals surface area (Å²) < 4.78 is 61.6. The van der Waals surface area contributed by atoms with Crippen LogP contribution in [0.3, 0.4) is 0 Å². The molecule has 0 N–H and O–H groups in total. The lowest BCUT2D eigenvalue weighted by atomic mass is 10.1. The van der Waals surface area contributed by atoms with E-state index >= 15 is 0 Å². The second kappa shape index (κ2) is 8.71. The van der Waals surface area contributed by atoms with Gasteiger partial charge >= 0.3 is 12.1 Å². The molecule has 2 aromatic heterocycles. The molecule has 5 rings (SSSR count). The van der Waals surface area contributed by atoms with Gasteiger partial charge in [0.15, 0.2) is 11.6 Å². The fourth-order valence-corrected chi connectivity index (χ4v) is 4.40. The highest BCUT2D eigenvalue weighted by Crippen LogP contribution is 2.28. The first kappa shape index (κ1) is 22.3. The van der Waals surface area contributed by atoms with Gasteiger partial charge in [-0.3, -0.25) is 9.13 Å². The van der Waals surface area contributed by atoms with Crippen molar-refractivity contribution in [3.05, 3.63) is 70.0 Å². The minimum Gasteiger partial charge on any atom is -0.415 e. The Bertz CT molecular complexity index is 1390. The van der Waals surface area contributed by atoms with E-state index in [1.807, 2.05) is 7.05 Å². The third-order valence-corrected chi connectivity index (χ3v) is 6.23. The highest BCUT2D eigenvalue weighted by Gasteiger charge is 2.25. The molecule has 4 aromatic rings. The minimum absolute atomic E-state index is 0.0459. The monoisotopic (exact) mass is 475 g/mol. The van der Waals surface area contributed by atoms with Crippen molar-refractivity contribution in [3.8, 4) is 11.5 Å². The van der Waals surface area contributed by atoms with Crippen molar-refractivity contribution < 1.29 is 22.0 Å². The van der Waals surface area contributed by atoms with E-state index in [-0.39, 0.29) is 24.2 Å². The van der Waals surface area contributed by atoms with Crippen molar-refractivity contribution in [2.75, 3.05) is 20.1 Å². The maximum absolute atomic E-state index is 14.1. The second-order valence-corrected chi connectivity index (χ2v) is 8.47. The van der Waals surface area contributed by atoms with E-state index in [4.69, 9.17) is 4.42 Å². The first-order valence-corrected chi connectivity index (χ1v) is 10.8. The summed E-state index contributed by atoms with van der Waals surface area (Å²) in [5.74, 6) is -2.83. The number of nitrogens with zero attached hydrogens (tertiary/aromatic N) is 5. The zero-order valence-corrected chi connectivity index (χ0v) is 18.2. The molecule has 0 spiro atoms. The lowest BCUT2D eigenvalue weighted by Gasteiger charge is -2.29. The van der Waals surface area contributed by atoms with Crippen molar-refractivity contribution in [1.29, 1.82) is 0 Å².